The molecule has 1 aliphatic heterocycles. The third-order valence-electron chi connectivity index (χ3n) is 3.63. The molecule has 1 rings (SSSR count). The van der Waals surface area contributed by atoms with Crippen molar-refractivity contribution in [2.75, 3.05) is 40.3 Å². The van der Waals surface area contributed by atoms with Crippen LogP contribution in [0.25, 0.3) is 0 Å². The van der Waals surface area contributed by atoms with Crippen LogP contribution in [-0.2, 0) is 4.79 Å². The molecular formula is C13H27N3O. The summed E-state index contributed by atoms with van der Waals surface area (Å²) < 4.78 is 0. The summed E-state index contributed by atoms with van der Waals surface area (Å²) in [6, 6.07) is 0.328. The van der Waals surface area contributed by atoms with Gasteiger partial charge in [-0.25, -0.2) is 0 Å². The van der Waals surface area contributed by atoms with Crippen LogP contribution in [0.4, 0.5) is 0 Å². The molecule has 1 unspecified atom stereocenters. The van der Waals surface area contributed by atoms with Crippen LogP contribution in [0.2, 0.25) is 0 Å². The Balaban J connectivity index is 2.54. The predicted molar refractivity (Wildman–Crippen MR) is 71.0 cm³/mol. The van der Waals surface area contributed by atoms with Crippen LogP contribution in [0.5, 0.6) is 0 Å². The average molecular weight is 241 g/mol. The molecule has 4 heteroatoms. The summed E-state index contributed by atoms with van der Waals surface area (Å²) in [5, 5.41) is 2.93. The maximum absolute atomic E-state index is 11.9. The van der Waals surface area contributed by atoms with Gasteiger partial charge in [0.25, 0.3) is 0 Å². The first-order chi connectivity index (χ1) is 8.06. The molecule has 0 bridgehead atoms. The van der Waals surface area contributed by atoms with E-state index in [9.17, 15) is 4.79 Å². The molecule has 1 aliphatic rings. The number of nitrogens with zero attached hydrogens (tertiary/aromatic N) is 2. The van der Waals surface area contributed by atoms with Crippen molar-refractivity contribution in [1.82, 2.24) is 15.1 Å². The maximum Gasteiger partial charge on any atom is 0.236 e. The minimum atomic E-state index is 0.186. The molecule has 4 nitrogen and oxygen atoms in total. The van der Waals surface area contributed by atoms with Gasteiger partial charge in [-0.3, -0.25) is 4.79 Å². The molecule has 1 N–H and O–H groups in total. The number of likely N-dealkylation sites (tertiary alicyclic amines) is 1. The molecule has 1 saturated heterocycles. The number of likely N-dealkylation sites (N-methyl/N-ethyl adjacent to an activating group) is 2. The van der Waals surface area contributed by atoms with Crippen molar-refractivity contribution < 1.29 is 4.79 Å². The van der Waals surface area contributed by atoms with Crippen molar-refractivity contribution in [2.45, 2.75) is 32.7 Å². The number of hydrogen-bond donors (Lipinski definition) is 1. The van der Waals surface area contributed by atoms with E-state index in [1.165, 1.54) is 25.9 Å². The van der Waals surface area contributed by atoms with Gasteiger partial charge in [-0.2, -0.15) is 0 Å². The zero-order valence-corrected chi connectivity index (χ0v) is 11.7. The molecule has 17 heavy (non-hydrogen) atoms. The number of carbonyl (C=O) groups is 1. The van der Waals surface area contributed by atoms with Gasteiger partial charge in [0.2, 0.25) is 5.91 Å². The van der Waals surface area contributed by atoms with E-state index < -0.39 is 0 Å². The average Bonchev–Trinajstić information content (AvgIpc) is 2.77. The summed E-state index contributed by atoms with van der Waals surface area (Å²) in [6.07, 6.45) is 2.61. The Morgan fingerprint density at radius 3 is 2.41 bits per heavy atom. The van der Waals surface area contributed by atoms with Gasteiger partial charge in [0.05, 0.1) is 6.54 Å². The first-order valence-electron chi connectivity index (χ1n) is 6.69. The second-order valence-corrected chi connectivity index (χ2v) is 5.35. The van der Waals surface area contributed by atoms with E-state index in [0.717, 1.165) is 6.54 Å². The van der Waals surface area contributed by atoms with Gasteiger partial charge >= 0.3 is 0 Å². The monoisotopic (exact) mass is 241 g/mol. The number of rotatable bonds is 6. The van der Waals surface area contributed by atoms with Gasteiger partial charge < -0.3 is 15.1 Å². The third kappa shape index (κ3) is 4.28. The highest BCUT2D eigenvalue weighted by Gasteiger charge is 2.25. The molecule has 0 spiro atoms. The zero-order chi connectivity index (χ0) is 12.8. The summed E-state index contributed by atoms with van der Waals surface area (Å²) in [5.74, 6) is 0.687. The largest absolute Gasteiger partial charge is 0.340 e. The first kappa shape index (κ1) is 14.5. The predicted octanol–water partition coefficient (Wildman–Crippen LogP) is 0.785. The van der Waals surface area contributed by atoms with Crippen molar-refractivity contribution >= 4 is 5.91 Å². The van der Waals surface area contributed by atoms with Crippen LogP contribution in [0.1, 0.15) is 26.7 Å². The van der Waals surface area contributed by atoms with E-state index in [1.54, 1.807) is 0 Å². The fourth-order valence-corrected chi connectivity index (χ4v) is 2.47. The van der Waals surface area contributed by atoms with Crippen molar-refractivity contribution in [1.29, 1.82) is 0 Å². The van der Waals surface area contributed by atoms with E-state index in [-0.39, 0.29) is 5.91 Å². The van der Waals surface area contributed by atoms with Gasteiger partial charge in [0.1, 0.15) is 0 Å². The fourth-order valence-electron chi connectivity index (χ4n) is 2.47. The molecule has 1 heterocycles. The number of amides is 1. The molecule has 0 aromatic rings. The molecule has 100 valence electrons. The SMILES string of the molecule is CNCC(=O)N(C)C(CN1CCCC1)C(C)C. The standard InChI is InChI=1S/C13H27N3O/c1-11(2)12(10-16-7-5-6-8-16)15(4)13(17)9-14-3/h11-12,14H,5-10H2,1-4H3. The summed E-state index contributed by atoms with van der Waals surface area (Å²) in [6.45, 7) is 8.23. The van der Waals surface area contributed by atoms with Gasteiger partial charge in [-0.15, -0.1) is 0 Å². The highest BCUT2D eigenvalue weighted by molar-refractivity contribution is 5.78. The molecule has 0 radical (unpaired) electrons. The summed E-state index contributed by atoms with van der Waals surface area (Å²) >= 11 is 0. The number of nitrogens with one attached hydrogen (secondary N) is 1. The number of carbonyl (C=O) groups excluding carboxylic acids is 1. The van der Waals surface area contributed by atoms with Gasteiger partial charge in [-0.1, -0.05) is 13.8 Å². The third-order valence-corrected chi connectivity index (χ3v) is 3.63. The smallest absolute Gasteiger partial charge is 0.236 e. The maximum atomic E-state index is 11.9. The van der Waals surface area contributed by atoms with E-state index in [2.05, 4.69) is 24.1 Å². The Kier molecular flexibility index (Phi) is 5.92. The minimum Gasteiger partial charge on any atom is -0.340 e. The molecule has 0 aliphatic carbocycles. The zero-order valence-electron chi connectivity index (χ0n) is 11.7. The molecule has 0 saturated carbocycles. The van der Waals surface area contributed by atoms with Crippen LogP contribution in [0, 0.1) is 5.92 Å². The normalized spacial score (nSPS) is 18.6. The highest BCUT2D eigenvalue weighted by Crippen LogP contribution is 2.15. The van der Waals surface area contributed by atoms with Gasteiger partial charge in [-0.05, 0) is 38.9 Å². The summed E-state index contributed by atoms with van der Waals surface area (Å²) in [5.41, 5.74) is 0. The Hall–Kier alpha value is -0.610. The molecule has 1 atom stereocenters. The van der Waals surface area contributed by atoms with Crippen molar-refractivity contribution in [3.8, 4) is 0 Å². The quantitative estimate of drug-likeness (QED) is 0.746. The van der Waals surface area contributed by atoms with E-state index in [1.807, 2.05) is 19.0 Å². The first-order valence-corrected chi connectivity index (χ1v) is 6.69. The minimum absolute atomic E-state index is 0.186. The van der Waals surface area contributed by atoms with E-state index in [4.69, 9.17) is 0 Å². The lowest BCUT2D eigenvalue weighted by Crippen LogP contribution is -2.49. The Labute approximate surface area is 105 Å². The van der Waals surface area contributed by atoms with Crippen molar-refractivity contribution in [2.24, 2.45) is 5.92 Å². The molecule has 0 aromatic carbocycles. The van der Waals surface area contributed by atoms with Crippen molar-refractivity contribution in [3.05, 3.63) is 0 Å². The second kappa shape index (κ2) is 6.97. The lowest BCUT2D eigenvalue weighted by atomic mass is 10.0. The van der Waals surface area contributed by atoms with E-state index >= 15 is 0 Å². The molecule has 1 fully saturated rings. The topological polar surface area (TPSA) is 35.6 Å². The van der Waals surface area contributed by atoms with Crippen molar-refractivity contribution in [3.63, 3.8) is 0 Å². The van der Waals surface area contributed by atoms with Gasteiger partial charge in [0.15, 0.2) is 0 Å². The Morgan fingerprint density at radius 1 is 1.35 bits per heavy atom. The van der Waals surface area contributed by atoms with Crippen LogP contribution in [-0.4, -0.2) is 62.0 Å². The molecular weight excluding hydrogens is 214 g/mol. The molecule has 0 aromatic heterocycles. The van der Waals surface area contributed by atoms with Crippen LogP contribution < -0.4 is 5.32 Å². The van der Waals surface area contributed by atoms with Crippen LogP contribution in [0.15, 0.2) is 0 Å². The summed E-state index contributed by atoms with van der Waals surface area (Å²) in [7, 11) is 3.75. The fraction of sp³-hybridized carbons (Fsp3) is 0.923. The number of hydrogen-bond acceptors (Lipinski definition) is 3. The van der Waals surface area contributed by atoms with E-state index in [0.29, 0.717) is 18.5 Å². The van der Waals surface area contributed by atoms with Crippen LogP contribution in [0.3, 0.4) is 0 Å². The van der Waals surface area contributed by atoms with Gasteiger partial charge in [0, 0.05) is 19.6 Å². The second-order valence-electron chi connectivity index (χ2n) is 5.35. The molecule has 1 amide bonds. The van der Waals surface area contributed by atoms with Crippen LogP contribution >= 0.6 is 0 Å². The Bertz CT molecular complexity index is 237. The lowest BCUT2D eigenvalue weighted by Gasteiger charge is -2.34. The Morgan fingerprint density at radius 2 is 1.94 bits per heavy atom. The lowest BCUT2D eigenvalue weighted by molar-refractivity contribution is -0.132. The summed E-state index contributed by atoms with van der Waals surface area (Å²) in [4.78, 5) is 16.3. The highest BCUT2D eigenvalue weighted by atomic mass is 16.2.